The van der Waals surface area contributed by atoms with Crippen molar-refractivity contribution in [3.63, 3.8) is 0 Å². The fourth-order valence-electron chi connectivity index (χ4n) is 2.80. The summed E-state index contributed by atoms with van der Waals surface area (Å²) in [4.78, 5) is 40.9. The van der Waals surface area contributed by atoms with Gasteiger partial charge in [-0.3, -0.25) is 19.2 Å². The van der Waals surface area contributed by atoms with Crippen LogP contribution in [0.1, 0.15) is 33.1 Å². The maximum absolute atomic E-state index is 12.2. The van der Waals surface area contributed by atoms with Gasteiger partial charge < -0.3 is 14.2 Å². The molecule has 0 radical (unpaired) electrons. The van der Waals surface area contributed by atoms with Crippen LogP contribution in [0.2, 0.25) is 0 Å². The Morgan fingerprint density at radius 3 is 2.74 bits per heavy atom. The molecule has 130 valence electrons. The molecule has 2 saturated heterocycles. The van der Waals surface area contributed by atoms with E-state index in [4.69, 9.17) is 19.0 Å². The molecule has 0 bridgehead atoms. The van der Waals surface area contributed by atoms with E-state index < -0.39 is 42.1 Å². The lowest BCUT2D eigenvalue weighted by atomic mass is 9.89. The molecule has 0 unspecified atom stereocenters. The smallest absolute Gasteiger partial charge is 0.326 e. The van der Waals surface area contributed by atoms with Crippen LogP contribution in [0, 0.1) is 5.92 Å². The zero-order chi connectivity index (χ0) is 17.0. The first kappa shape index (κ1) is 17.7. The van der Waals surface area contributed by atoms with Gasteiger partial charge in [0.05, 0.1) is 12.7 Å². The highest BCUT2D eigenvalue weighted by Crippen LogP contribution is 2.35. The van der Waals surface area contributed by atoms with Crippen LogP contribution in [0.3, 0.4) is 0 Å². The molecule has 8 nitrogen and oxygen atoms in total. The number of carbonyl (C=O) groups is 3. The van der Waals surface area contributed by atoms with Gasteiger partial charge in [0.15, 0.2) is 0 Å². The van der Waals surface area contributed by atoms with Gasteiger partial charge in [-0.1, -0.05) is 13.3 Å². The first-order chi connectivity index (χ1) is 10.9. The first-order valence-electron chi connectivity index (χ1n) is 7.84. The van der Waals surface area contributed by atoms with Crippen molar-refractivity contribution in [2.45, 2.75) is 51.4 Å². The average molecular weight is 329 g/mol. The summed E-state index contributed by atoms with van der Waals surface area (Å²) in [6.45, 7) is 3.59. The van der Waals surface area contributed by atoms with E-state index in [-0.39, 0.29) is 6.61 Å². The highest BCUT2D eigenvalue weighted by Gasteiger charge is 2.55. The molecule has 0 N–H and O–H groups in total. The number of cyclic esters (lactones) is 1. The quantitative estimate of drug-likeness (QED) is 0.394. The van der Waals surface area contributed by atoms with E-state index in [0.717, 1.165) is 12.8 Å². The Balaban J connectivity index is 1.97. The van der Waals surface area contributed by atoms with E-state index in [0.29, 0.717) is 13.0 Å². The molecular formula is C15H23NO7. The third kappa shape index (κ3) is 4.20. The van der Waals surface area contributed by atoms with E-state index in [1.807, 2.05) is 6.92 Å². The summed E-state index contributed by atoms with van der Waals surface area (Å²) in [5, 5.41) is 1.36. The normalized spacial score (nSPS) is 30.5. The van der Waals surface area contributed by atoms with E-state index in [1.54, 1.807) is 7.05 Å². The van der Waals surface area contributed by atoms with Crippen molar-refractivity contribution in [2.75, 3.05) is 20.3 Å². The van der Waals surface area contributed by atoms with Crippen LogP contribution < -0.4 is 0 Å². The van der Waals surface area contributed by atoms with Crippen LogP contribution in [0.15, 0.2) is 0 Å². The Kier molecular flexibility index (Phi) is 5.95. The molecule has 2 rings (SSSR count). The summed E-state index contributed by atoms with van der Waals surface area (Å²) in [6, 6.07) is -0.806. The summed E-state index contributed by atoms with van der Waals surface area (Å²) in [6.07, 6.45) is 1.01. The topological polar surface area (TPSA) is 91.4 Å². The molecule has 0 aromatic carbocycles. The summed E-state index contributed by atoms with van der Waals surface area (Å²) in [5.41, 5.74) is 0. The first-order valence-corrected chi connectivity index (χ1v) is 7.84. The third-order valence-corrected chi connectivity index (χ3v) is 3.94. The summed E-state index contributed by atoms with van der Waals surface area (Å²) >= 11 is 0. The second-order valence-corrected chi connectivity index (χ2v) is 5.78. The number of rotatable bonds is 6. The van der Waals surface area contributed by atoms with E-state index in [2.05, 4.69) is 0 Å². The lowest BCUT2D eigenvalue weighted by Gasteiger charge is -2.30. The number of carbonyl (C=O) groups excluding carboxylic acids is 3. The fraction of sp³-hybridized carbons (Fsp3) is 0.800. The standard InChI is InChI=1S/C15H23NO7/c1-4-5-6-20-15(19)13-12-11(23-16(13)3)7-10(22-14(12)18)8-21-9(2)17/h10-13H,4-8H2,1-3H3/t10-,11+,12-,13-/m0/s1. The zero-order valence-corrected chi connectivity index (χ0v) is 13.6. The number of esters is 3. The molecule has 23 heavy (non-hydrogen) atoms. The van der Waals surface area contributed by atoms with Crippen LogP contribution in [0.5, 0.6) is 0 Å². The molecule has 0 amide bonds. The summed E-state index contributed by atoms with van der Waals surface area (Å²) < 4.78 is 15.3. The second kappa shape index (κ2) is 7.74. The largest absolute Gasteiger partial charge is 0.464 e. The van der Waals surface area contributed by atoms with Gasteiger partial charge in [-0.05, 0) is 6.42 Å². The Bertz CT molecular complexity index is 467. The van der Waals surface area contributed by atoms with Gasteiger partial charge in [0, 0.05) is 20.4 Å². The van der Waals surface area contributed by atoms with Crippen LogP contribution in [0.25, 0.3) is 0 Å². The zero-order valence-electron chi connectivity index (χ0n) is 13.6. The highest BCUT2D eigenvalue weighted by atomic mass is 16.7. The number of likely N-dealkylation sites (N-methyl/N-ethyl adjacent to an activating group) is 1. The van der Waals surface area contributed by atoms with Gasteiger partial charge in [0.25, 0.3) is 0 Å². The molecule has 4 atom stereocenters. The number of unbranched alkanes of at least 4 members (excludes halogenated alkanes) is 1. The minimum Gasteiger partial charge on any atom is -0.464 e. The van der Waals surface area contributed by atoms with E-state index in [1.165, 1.54) is 12.0 Å². The van der Waals surface area contributed by atoms with Gasteiger partial charge >= 0.3 is 17.9 Å². The molecular weight excluding hydrogens is 306 g/mol. The fourth-order valence-corrected chi connectivity index (χ4v) is 2.80. The molecule has 0 saturated carbocycles. The van der Waals surface area contributed by atoms with Crippen LogP contribution >= 0.6 is 0 Å². The third-order valence-electron chi connectivity index (χ3n) is 3.94. The number of hydrogen-bond acceptors (Lipinski definition) is 8. The minimum absolute atomic E-state index is 0.0109. The number of hydroxylamine groups is 2. The average Bonchev–Trinajstić information content (AvgIpc) is 2.82. The summed E-state index contributed by atoms with van der Waals surface area (Å²) in [5.74, 6) is -2.17. The van der Waals surface area contributed by atoms with Crippen molar-refractivity contribution in [3.05, 3.63) is 0 Å². The number of ether oxygens (including phenoxy) is 3. The van der Waals surface area contributed by atoms with Crippen molar-refractivity contribution in [3.8, 4) is 0 Å². The van der Waals surface area contributed by atoms with E-state index >= 15 is 0 Å². The molecule has 2 aliphatic heterocycles. The van der Waals surface area contributed by atoms with Gasteiger partial charge in [-0.15, -0.1) is 0 Å². The predicted octanol–water partition coefficient (Wildman–Crippen LogP) is 0.439. The second-order valence-electron chi connectivity index (χ2n) is 5.78. The molecule has 0 spiro atoms. The molecule has 0 aromatic heterocycles. The molecule has 2 aliphatic rings. The number of nitrogens with zero attached hydrogens (tertiary/aromatic N) is 1. The molecule has 8 heteroatoms. The van der Waals surface area contributed by atoms with Crippen molar-refractivity contribution in [1.82, 2.24) is 5.06 Å². The number of fused-ring (bicyclic) bond motifs is 1. The Morgan fingerprint density at radius 1 is 1.35 bits per heavy atom. The van der Waals surface area contributed by atoms with Gasteiger partial charge in [-0.25, -0.2) is 0 Å². The van der Waals surface area contributed by atoms with Gasteiger partial charge in [-0.2, -0.15) is 5.06 Å². The Morgan fingerprint density at radius 2 is 2.09 bits per heavy atom. The Hall–Kier alpha value is -1.67. The van der Waals surface area contributed by atoms with Crippen LogP contribution in [-0.4, -0.2) is 61.5 Å². The lowest BCUT2D eigenvalue weighted by molar-refractivity contribution is -0.185. The maximum atomic E-state index is 12.2. The number of hydrogen-bond donors (Lipinski definition) is 0. The lowest BCUT2D eigenvalue weighted by Crippen LogP contribution is -2.48. The van der Waals surface area contributed by atoms with Crippen molar-refractivity contribution >= 4 is 17.9 Å². The monoisotopic (exact) mass is 329 g/mol. The molecule has 0 aliphatic carbocycles. The van der Waals surface area contributed by atoms with Crippen molar-refractivity contribution in [2.24, 2.45) is 5.92 Å². The van der Waals surface area contributed by atoms with Gasteiger partial charge in [0.1, 0.15) is 24.7 Å². The van der Waals surface area contributed by atoms with Crippen LogP contribution in [0.4, 0.5) is 0 Å². The molecule has 0 aromatic rings. The highest BCUT2D eigenvalue weighted by molar-refractivity contribution is 5.86. The van der Waals surface area contributed by atoms with E-state index in [9.17, 15) is 14.4 Å². The SMILES string of the molecule is CCCCOC(=O)[C@@H]1[C@H]2C(=O)O[C@H](COC(C)=O)C[C@H]2ON1C. The molecule has 2 fully saturated rings. The Labute approximate surface area is 134 Å². The summed E-state index contributed by atoms with van der Waals surface area (Å²) in [7, 11) is 1.60. The van der Waals surface area contributed by atoms with Gasteiger partial charge in [0.2, 0.25) is 0 Å². The minimum atomic E-state index is -0.806. The van der Waals surface area contributed by atoms with Crippen LogP contribution in [-0.2, 0) is 33.4 Å². The molecule has 2 heterocycles. The van der Waals surface area contributed by atoms with Crippen molar-refractivity contribution in [1.29, 1.82) is 0 Å². The predicted molar refractivity (Wildman–Crippen MR) is 76.9 cm³/mol. The van der Waals surface area contributed by atoms with Crippen molar-refractivity contribution < 1.29 is 33.4 Å². The maximum Gasteiger partial charge on any atom is 0.326 e.